The van der Waals surface area contributed by atoms with Crippen LogP contribution in [0.2, 0.25) is 0 Å². The summed E-state index contributed by atoms with van der Waals surface area (Å²) in [5, 5.41) is 4.67. The first kappa shape index (κ1) is 31.6. The van der Waals surface area contributed by atoms with Gasteiger partial charge in [0, 0.05) is 22.1 Å². The molecule has 0 fully saturated rings. The predicted molar refractivity (Wildman–Crippen MR) is 228 cm³/mol. The molecule has 0 amide bonds. The van der Waals surface area contributed by atoms with Gasteiger partial charge in [0.15, 0.2) is 5.58 Å². The summed E-state index contributed by atoms with van der Waals surface area (Å²) < 4.78 is 6.76. The molecule has 0 spiro atoms. The van der Waals surface area contributed by atoms with Crippen molar-refractivity contribution in [2.75, 3.05) is 4.90 Å². The monoisotopic (exact) mass is 689 g/mol. The van der Waals surface area contributed by atoms with Gasteiger partial charge in [-0.05, 0) is 104 Å². The summed E-state index contributed by atoms with van der Waals surface area (Å²) in [6, 6.07) is 75.9. The standard InChI is InChI=1S/C52H35NO/c1-3-11-36(12-4-1)39-19-21-42(22-20-39)45-34-49-48-17-9-10-18-51(48)54-52(49)50(35-45)53(46-29-25-40(26-30-46)37-13-5-2-6-14-37)47-31-27-41(28-32-47)44-24-23-38-15-7-8-16-43(38)33-44/h1-35H. The largest absolute Gasteiger partial charge is 0.454 e. The lowest BCUT2D eigenvalue weighted by molar-refractivity contribution is 0.669. The molecule has 254 valence electrons. The number of anilines is 3. The average Bonchev–Trinajstić information content (AvgIpc) is 3.64. The van der Waals surface area contributed by atoms with Crippen molar-refractivity contribution in [1.82, 2.24) is 0 Å². The highest BCUT2D eigenvalue weighted by Gasteiger charge is 2.21. The van der Waals surface area contributed by atoms with Gasteiger partial charge in [-0.1, -0.05) is 164 Å². The molecular weight excluding hydrogens is 655 g/mol. The van der Waals surface area contributed by atoms with Crippen molar-refractivity contribution in [2.24, 2.45) is 0 Å². The summed E-state index contributed by atoms with van der Waals surface area (Å²) in [6.45, 7) is 0. The summed E-state index contributed by atoms with van der Waals surface area (Å²) in [5.74, 6) is 0. The SMILES string of the molecule is c1ccc(-c2ccc(-c3cc(N(c4ccc(-c5ccccc5)cc4)c4ccc(-c5ccc6ccccc6c5)cc4)c4oc5ccccc5c4c3)cc2)cc1. The third-order valence-electron chi connectivity index (χ3n) is 10.5. The lowest BCUT2D eigenvalue weighted by atomic mass is 9.97. The van der Waals surface area contributed by atoms with Crippen molar-refractivity contribution < 1.29 is 4.42 Å². The Morgan fingerprint density at radius 2 is 0.759 bits per heavy atom. The van der Waals surface area contributed by atoms with Gasteiger partial charge in [0.2, 0.25) is 0 Å². The molecule has 0 radical (unpaired) electrons. The Kier molecular flexibility index (Phi) is 7.85. The smallest absolute Gasteiger partial charge is 0.159 e. The van der Waals surface area contributed by atoms with Crippen LogP contribution in [0.3, 0.4) is 0 Å². The van der Waals surface area contributed by atoms with Gasteiger partial charge in [0.25, 0.3) is 0 Å². The highest BCUT2D eigenvalue weighted by Crippen LogP contribution is 2.45. The zero-order valence-electron chi connectivity index (χ0n) is 29.6. The number of nitrogens with zero attached hydrogens (tertiary/aromatic N) is 1. The van der Waals surface area contributed by atoms with Crippen LogP contribution in [0.25, 0.3) is 77.2 Å². The summed E-state index contributed by atoms with van der Waals surface area (Å²) in [4.78, 5) is 2.34. The minimum absolute atomic E-state index is 0.853. The molecule has 54 heavy (non-hydrogen) atoms. The first-order valence-corrected chi connectivity index (χ1v) is 18.4. The van der Waals surface area contributed by atoms with E-state index < -0.39 is 0 Å². The molecule has 0 unspecified atom stereocenters. The molecule has 0 atom stereocenters. The quantitative estimate of drug-likeness (QED) is 0.166. The molecule has 0 aliphatic rings. The van der Waals surface area contributed by atoms with E-state index in [1.54, 1.807) is 0 Å². The number of furan rings is 1. The fraction of sp³-hybridized carbons (Fsp3) is 0. The molecule has 10 aromatic rings. The molecule has 0 saturated carbocycles. The molecule has 10 rings (SSSR count). The van der Waals surface area contributed by atoms with Crippen LogP contribution in [-0.2, 0) is 0 Å². The maximum absolute atomic E-state index is 6.76. The Balaban J connectivity index is 1.15. The van der Waals surface area contributed by atoms with Crippen LogP contribution in [0, 0.1) is 0 Å². The number of hydrogen-bond acceptors (Lipinski definition) is 2. The Bertz CT molecular complexity index is 2890. The number of rotatable bonds is 7. The highest BCUT2D eigenvalue weighted by molar-refractivity contribution is 6.12. The molecule has 0 aliphatic carbocycles. The molecule has 9 aromatic carbocycles. The van der Waals surface area contributed by atoms with E-state index in [0.29, 0.717) is 0 Å². The summed E-state index contributed by atoms with van der Waals surface area (Å²) >= 11 is 0. The molecule has 1 aromatic heterocycles. The van der Waals surface area contributed by atoms with E-state index >= 15 is 0 Å². The lowest BCUT2D eigenvalue weighted by Gasteiger charge is -2.26. The van der Waals surface area contributed by atoms with Gasteiger partial charge < -0.3 is 9.32 Å². The summed E-state index contributed by atoms with van der Waals surface area (Å²) in [5.41, 5.74) is 14.2. The maximum Gasteiger partial charge on any atom is 0.159 e. The van der Waals surface area contributed by atoms with Gasteiger partial charge in [0.1, 0.15) is 5.58 Å². The van der Waals surface area contributed by atoms with E-state index in [1.807, 2.05) is 6.07 Å². The molecule has 0 bridgehead atoms. The minimum atomic E-state index is 0.853. The van der Waals surface area contributed by atoms with Crippen LogP contribution >= 0.6 is 0 Å². The Labute approximate surface area is 314 Å². The van der Waals surface area contributed by atoms with E-state index in [0.717, 1.165) is 50.1 Å². The fourth-order valence-corrected chi connectivity index (χ4v) is 7.66. The van der Waals surface area contributed by atoms with E-state index in [2.05, 4.69) is 211 Å². The van der Waals surface area contributed by atoms with Gasteiger partial charge in [-0.3, -0.25) is 0 Å². The molecule has 0 aliphatic heterocycles. The highest BCUT2D eigenvalue weighted by atomic mass is 16.3. The van der Waals surface area contributed by atoms with Crippen molar-refractivity contribution in [1.29, 1.82) is 0 Å². The number of hydrogen-bond donors (Lipinski definition) is 0. The van der Waals surface area contributed by atoms with Gasteiger partial charge in [-0.2, -0.15) is 0 Å². The number of para-hydroxylation sites is 1. The Hall–Kier alpha value is -7.16. The van der Waals surface area contributed by atoms with E-state index in [-0.39, 0.29) is 0 Å². The molecule has 0 saturated heterocycles. The first-order chi connectivity index (χ1) is 26.7. The van der Waals surface area contributed by atoms with Crippen LogP contribution in [0.15, 0.2) is 217 Å². The van der Waals surface area contributed by atoms with Crippen molar-refractivity contribution in [2.45, 2.75) is 0 Å². The van der Waals surface area contributed by atoms with Crippen LogP contribution in [0.5, 0.6) is 0 Å². The fourth-order valence-electron chi connectivity index (χ4n) is 7.66. The Morgan fingerprint density at radius 3 is 1.39 bits per heavy atom. The van der Waals surface area contributed by atoms with Crippen LogP contribution in [-0.4, -0.2) is 0 Å². The molecule has 0 N–H and O–H groups in total. The van der Waals surface area contributed by atoms with E-state index in [4.69, 9.17) is 4.42 Å². The van der Waals surface area contributed by atoms with Gasteiger partial charge in [-0.25, -0.2) is 0 Å². The van der Waals surface area contributed by atoms with Gasteiger partial charge in [0.05, 0.1) is 5.69 Å². The van der Waals surface area contributed by atoms with Crippen molar-refractivity contribution in [3.63, 3.8) is 0 Å². The lowest BCUT2D eigenvalue weighted by Crippen LogP contribution is -2.10. The van der Waals surface area contributed by atoms with Crippen LogP contribution < -0.4 is 4.90 Å². The second-order valence-corrected chi connectivity index (χ2v) is 13.8. The van der Waals surface area contributed by atoms with Gasteiger partial charge in [-0.15, -0.1) is 0 Å². The maximum atomic E-state index is 6.76. The molecule has 2 nitrogen and oxygen atoms in total. The number of fused-ring (bicyclic) bond motifs is 4. The van der Waals surface area contributed by atoms with Crippen molar-refractivity contribution in [3.05, 3.63) is 212 Å². The van der Waals surface area contributed by atoms with E-state index in [9.17, 15) is 0 Å². The number of benzene rings is 9. The predicted octanol–water partition coefficient (Wildman–Crippen LogP) is 14.9. The second-order valence-electron chi connectivity index (χ2n) is 13.8. The summed E-state index contributed by atoms with van der Waals surface area (Å²) in [7, 11) is 0. The second kappa shape index (κ2) is 13.4. The summed E-state index contributed by atoms with van der Waals surface area (Å²) in [6.07, 6.45) is 0. The van der Waals surface area contributed by atoms with Crippen molar-refractivity contribution >= 4 is 49.8 Å². The zero-order chi connectivity index (χ0) is 35.8. The molecule has 1 heterocycles. The minimum Gasteiger partial charge on any atom is -0.454 e. The Morgan fingerprint density at radius 1 is 0.296 bits per heavy atom. The van der Waals surface area contributed by atoms with Crippen molar-refractivity contribution in [3.8, 4) is 44.5 Å². The van der Waals surface area contributed by atoms with E-state index in [1.165, 1.54) is 44.2 Å². The van der Waals surface area contributed by atoms with Crippen LogP contribution in [0.1, 0.15) is 0 Å². The third-order valence-corrected chi connectivity index (χ3v) is 10.5. The van der Waals surface area contributed by atoms with Crippen LogP contribution in [0.4, 0.5) is 17.1 Å². The normalized spacial score (nSPS) is 11.3. The average molecular weight is 690 g/mol. The third kappa shape index (κ3) is 5.81. The van der Waals surface area contributed by atoms with Gasteiger partial charge >= 0.3 is 0 Å². The molecular formula is C52H35NO. The molecule has 2 heteroatoms. The topological polar surface area (TPSA) is 16.4 Å². The zero-order valence-corrected chi connectivity index (χ0v) is 29.6. The first-order valence-electron chi connectivity index (χ1n) is 18.4.